The molecule has 1 aromatic heterocycles. The van der Waals surface area contributed by atoms with Crippen molar-refractivity contribution in [3.8, 4) is 0 Å². The lowest BCUT2D eigenvalue weighted by Gasteiger charge is -2.20. The molecule has 1 aromatic carbocycles. The Morgan fingerprint density at radius 1 is 1.30 bits per heavy atom. The molecule has 0 radical (unpaired) electrons. The summed E-state index contributed by atoms with van der Waals surface area (Å²) in [7, 11) is 2.14. The molecule has 2 rings (SSSR count). The van der Waals surface area contributed by atoms with Gasteiger partial charge in [-0.3, -0.25) is 0 Å². The van der Waals surface area contributed by atoms with Gasteiger partial charge in [0.2, 0.25) is 0 Å². The molecule has 0 saturated carbocycles. The highest BCUT2D eigenvalue weighted by Gasteiger charge is 2.07. The van der Waals surface area contributed by atoms with Crippen molar-refractivity contribution in [3.05, 3.63) is 51.7 Å². The molecule has 0 bridgehead atoms. The Morgan fingerprint density at radius 3 is 2.70 bits per heavy atom. The summed E-state index contributed by atoms with van der Waals surface area (Å²) in [6, 6.07) is 12.9. The van der Waals surface area contributed by atoms with Crippen molar-refractivity contribution in [2.24, 2.45) is 0 Å². The van der Waals surface area contributed by atoms with E-state index in [2.05, 4.69) is 53.8 Å². The summed E-state index contributed by atoms with van der Waals surface area (Å²) >= 11 is 7.55. The molecule has 1 heterocycles. The molecule has 1 atom stereocenters. The van der Waals surface area contributed by atoms with Crippen LogP contribution in [-0.2, 0) is 0 Å². The van der Waals surface area contributed by atoms with Gasteiger partial charge in [-0.2, -0.15) is 0 Å². The Hall–Kier alpha value is -1.03. The van der Waals surface area contributed by atoms with Gasteiger partial charge in [-0.1, -0.05) is 29.8 Å². The van der Waals surface area contributed by atoms with Crippen LogP contribution in [0.25, 0.3) is 0 Å². The van der Waals surface area contributed by atoms with Gasteiger partial charge in [0.15, 0.2) is 0 Å². The van der Waals surface area contributed by atoms with Crippen LogP contribution in [0.4, 0.5) is 5.69 Å². The number of hydrogen-bond donors (Lipinski definition) is 1. The van der Waals surface area contributed by atoms with Crippen LogP contribution in [0.3, 0.4) is 0 Å². The van der Waals surface area contributed by atoms with E-state index >= 15 is 0 Å². The molecule has 20 heavy (non-hydrogen) atoms. The molecular formula is C16H21ClN2S. The Balaban J connectivity index is 1.69. The summed E-state index contributed by atoms with van der Waals surface area (Å²) in [6.45, 7) is 4.24. The SMILES string of the molecule is CC(NCCCN(C)c1ccccc1)c1csc(Cl)c1. The molecule has 0 aliphatic rings. The quantitative estimate of drug-likeness (QED) is 0.753. The number of thiophene rings is 1. The summed E-state index contributed by atoms with van der Waals surface area (Å²) in [5, 5.41) is 5.66. The third-order valence-corrected chi connectivity index (χ3v) is 4.51. The topological polar surface area (TPSA) is 15.3 Å². The smallest absolute Gasteiger partial charge is 0.0931 e. The van der Waals surface area contributed by atoms with Gasteiger partial charge in [-0.05, 0) is 49.0 Å². The second-order valence-corrected chi connectivity index (χ2v) is 6.51. The van der Waals surface area contributed by atoms with Crippen LogP contribution in [0.15, 0.2) is 41.8 Å². The van der Waals surface area contributed by atoms with Gasteiger partial charge in [0, 0.05) is 25.3 Å². The minimum absolute atomic E-state index is 0.362. The highest BCUT2D eigenvalue weighted by atomic mass is 35.5. The molecule has 0 amide bonds. The predicted octanol–water partition coefficient (Wildman–Crippen LogP) is 4.58. The van der Waals surface area contributed by atoms with Crippen LogP contribution < -0.4 is 10.2 Å². The zero-order chi connectivity index (χ0) is 14.4. The van der Waals surface area contributed by atoms with Gasteiger partial charge >= 0.3 is 0 Å². The lowest BCUT2D eigenvalue weighted by molar-refractivity contribution is 0.559. The maximum atomic E-state index is 5.96. The van der Waals surface area contributed by atoms with Crippen molar-refractivity contribution >= 4 is 28.6 Å². The van der Waals surface area contributed by atoms with Crippen molar-refractivity contribution in [1.82, 2.24) is 5.32 Å². The third-order valence-electron chi connectivity index (χ3n) is 3.41. The van der Waals surface area contributed by atoms with Gasteiger partial charge in [0.1, 0.15) is 0 Å². The minimum Gasteiger partial charge on any atom is -0.375 e. The Morgan fingerprint density at radius 2 is 2.05 bits per heavy atom. The van der Waals surface area contributed by atoms with Crippen molar-refractivity contribution in [3.63, 3.8) is 0 Å². The molecule has 0 fully saturated rings. The highest BCUT2D eigenvalue weighted by Crippen LogP contribution is 2.24. The molecule has 2 aromatic rings. The van der Waals surface area contributed by atoms with E-state index in [4.69, 9.17) is 11.6 Å². The molecule has 4 heteroatoms. The second kappa shape index (κ2) is 7.67. The van der Waals surface area contributed by atoms with Crippen molar-refractivity contribution in [2.75, 3.05) is 25.0 Å². The molecule has 0 aliphatic heterocycles. The van der Waals surface area contributed by atoms with Gasteiger partial charge in [-0.25, -0.2) is 0 Å². The first-order chi connectivity index (χ1) is 9.66. The first kappa shape index (κ1) is 15.4. The van der Waals surface area contributed by atoms with E-state index in [1.165, 1.54) is 11.3 Å². The average molecular weight is 309 g/mol. The van der Waals surface area contributed by atoms with Gasteiger partial charge < -0.3 is 10.2 Å². The molecule has 108 valence electrons. The van der Waals surface area contributed by atoms with Crippen molar-refractivity contribution in [2.45, 2.75) is 19.4 Å². The van der Waals surface area contributed by atoms with Gasteiger partial charge in [0.25, 0.3) is 0 Å². The van der Waals surface area contributed by atoms with E-state index in [1.54, 1.807) is 11.3 Å². The van der Waals surface area contributed by atoms with Crippen LogP contribution >= 0.6 is 22.9 Å². The second-order valence-electron chi connectivity index (χ2n) is 4.97. The van der Waals surface area contributed by atoms with Crippen LogP contribution in [0.5, 0.6) is 0 Å². The lowest BCUT2D eigenvalue weighted by Crippen LogP contribution is -2.25. The number of benzene rings is 1. The summed E-state index contributed by atoms with van der Waals surface area (Å²) in [5.41, 5.74) is 2.54. The first-order valence-corrected chi connectivity index (χ1v) is 8.16. The average Bonchev–Trinajstić information content (AvgIpc) is 2.91. The van der Waals surface area contributed by atoms with Crippen molar-refractivity contribution < 1.29 is 0 Å². The first-order valence-electron chi connectivity index (χ1n) is 6.90. The molecule has 0 spiro atoms. The fourth-order valence-electron chi connectivity index (χ4n) is 2.11. The van der Waals surface area contributed by atoms with Gasteiger partial charge in [0.05, 0.1) is 4.34 Å². The molecule has 0 aliphatic carbocycles. The maximum absolute atomic E-state index is 5.96. The molecule has 0 saturated heterocycles. The number of hydrogen-bond acceptors (Lipinski definition) is 3. The number of para-hydroxylation sites is 1. The zero-order valence-corrected chi connectivity index (χ0v) is 13.5. The van der Waals surface area contributed by atoms with E-state index in [1.807, 2.05) is 12.1 Å². The maximum Gasteiger partial charge on any atom is 0.0931 e. The number of nitrogens with zero attached hydrogens (tertiary/aromatic N) is 1. The molecule has 1 unspecified atom stereocenters. The summed E-state index contributed by atoms with van der Waals surface area (Å²) in [4.78, 5) is 2.29. The largest absolute Gasteiger partial charge is 0.375 e. The van der Waals surface area contributed by atoms with Crippen LogP contribution in [0.2, 0.25) is 4.34 Å². The molecule has 1 N–H and O–H groups in total. The van der Waals surface area contributed by atoms with E-state index in [9.17, 15) is 0 Å². The number of anilines is 1. The van der Waals surface area contributed by atoms with Crippen LogP contribution in [0.1, 0.15) is 24.9 Å². The predicted molar refractivity (Wildman–Crippen MR) is 90.1 cm³/mol. The van der Waals surface area contributed by atoms with Crippen LogP contribution in [-0.4, -0.2) is 20.1 Å². The highest BCUT2D eigenvalue weighted by molar-refractivity contribution is 7.14. The fourth-order valence-corrected chi connectivity index (χ4v) is 3.10. The number of rotatable bonds is 7. The fraction of sp³-hybridized carbons (Fsp3) is 0.375. The van der Waals surface area contributed by atoms with E-state index in [0.29, 0.717) is 6.04 Å². The normalized spacial score (nSPS) is 12.3. The summed E-state index contributed by atoms with van der Waals surface area (Å²) in [6.07, 6.45) is 1.12. The Labute approximate surface area is 130 Å². The standard InChI is InChI=1S/C16H21ClN2S/c1-13(14-11-16(17)20-12-14)18-9-6-10-19(2)15-7-4-3-5-8-15/h3-5,7-8,11-13,18H,6,9-10H2,1-2H3. The van der Waals surface area contributed by atoms with Crippen molar-refractivity contribution in [1.29, 1.82) is 0 Å². The Bertz CT molecular complexity index is 512. The summed E-state index contributed by atoms with van der Waals surface area (Å²) < 4.78 is 0.859. The minimum atomic E-state index is 0.362. The van der Waals surface area contributed by atoms with Gasteiger partial charge in [-0.15, -0.1) is 11.3 Å². The number of halogens is 1. The Kier molecular flexibility index (Phi) is 5.89. The molecular weight excluding hydrogens is 288 g/mol. The number of nitrogens with one attached hydrogen (secondary N) is 1. The van der Waals surface area contributed by atoms with E-state index in [0.717, 1.165) is 23.8 Å². The third kappa shape index (κ3) is 4.51. The van der Waals surface area contributed by atoms with E-state index in [-0.39, 0.29) is 0 Å². The lowest BCUT2D eigenvalue weighted by atomic mass is 10.2. The zero-order valence-electron chi connectivity index (χ0n) is 12.0. The molecule has 2 nitrogen and oxygen atoms in total. The summed E-state index contributed by atoms with van der Waals surface area (Å²) in [5.74, 6) is 0. The monoisotopic (exact) mass is 308 g/mol. The van der Waals surface area contributed by atoms with Crippen LogP contribution in [0, 0.1) is 0 Å². The van der Waals surface area contributed by atoms with E-state index < -0.39 is 0 Å².